The predicted octanol–water partition coefficient (Wildman–Crippen LogP) is 18.4. The van der Waals surface area contributed by atoms with Crippen LogP contribution >= 0.6 is 76.2 Å². The van der Waals surface area contributed by atoms with E-state index in [1.807, 2.05) is 34.8 Å². The fourth-order valence-corrected chi connectivity index (χ4v) is 10.2. The van der Waals surface area contributed by atoms with Crippen molar-refractivity contribution in [2.45, 2.75) is 0 Å². The number of rotatable bonds is 4. The normalized spacial score (nSPS) is 11.2. The molecule has 0 amide bonds. The average molecular weight is 978 g/mol. The Labute approximate surface area is 389 Å². The zero-order chi connectivity index (χ0) is 42.5. The molecule has 0 aliphatic carbocycles. The van der Waals surface area contributed by atoms with Gasteiger partial charge in [0.25, 0.3) is 0 Å². The maximum absolute atomic E-state index is 5.50. The molecule has 11 rings (SSSR count). The van der Waals surface area contributed by atoms with E-state index < -0.39 is 11.2 Å². The molecule has 0 aliphatic rings. The SMILES string of the molecule is COc1ccc(-c2ccc3c(c2)sc2ccccc23)c(-c2ccccc2)c1.COc1ccc2c(c1)c1ccccc1c1cc3c(cc21)sc1ccccc13.ClCCl.[Cl][Fe]([Cl])[Cl]. The summed E-state index contributed by atoms with van der Waals surface area (Å²) in [7, 11) is 18.1. The second-order valence-electron chi connectivity index (χ2n) is 13.8. The minimum atomic E-state index is -1.33. The predicted molar refractivity (Wildman–Crippen MR) is 269 cm³/mol. The summed E-state index contributed by atoms with van der Waals surface area (Å²) in [5.41, 5.74) is 4.84. The number of alkyl halides is 2. The third-order valence-corrected chi connectivity index (χ3v) is 12.8. The molecule has 307 valence electrons. The molecule has 0 spiro atoms. The third kappa shape index (κ3) is 9.29. The molecule has 2 nitrogen and oxygen atoms in total. The zero-order valence-corrected chi connectivity index (χ0v) is 39.3. The van der Waals surface area contributed by atoms with Crippen molar-refractivity contribution in [1.29, 1.82) is 0 Å². The Kier molecular flexibility index (Phi) is 14.1. The van der Waals surface area contributed by atoms with E-state index in [1.165, 1.54) is 94.9 Å². The van der Waals surface area contributed by atoms with E-state index in [4.69, 9.17) is 63.0 Å². The van der Waals surface area contributed by atoms with Gasteiger partial charge in [0.15, 0.2) is 0 Å². The number of hydrogen-bond donors (Lipinski definition) is 0. The Hall–Kier alpha value is -4.23. The van der Waals surface area contributed by atoms with Crippen LogP contribution in [0.5, 0.6) is 11.5 Å². The molecule has 0 unspecified atom stereocenters. The molecule has 0 bridgehead atoms. The molecular weight excluding hydrogens is 942 g/mol. The fourth-order valence-electron chi connectivity index (χ4n) is 7.93. The van der Waals surface area contributed by atoms with E-state index in [2.05, 4.69) is 158 Å². The molecule has 2 heterocycles. The van der Waals surface area contributed by atoms with Crippen molar-refractivity contribution in [1.82, 2.24) is 0 Å². The van der Waals surface area contributed by atoms with Crippen LogP contribution in [0.15, 0.2) is 170 Å². The minimum absolute atomic E-state index is 0.194. The van der Waals surface area contributed by atoms with E-state index in [0.717, 1.165) is 11.5 Å². The van der Waals surface area contributed by atoms with Crippen LogP contribution in [-0.2, 0) is 11.2 Å². The summed E-state index contributed by atoms with van der Waals surface area (Å²) in [5, 5.41) is 13.3. The van der Waals surface area contributed by atoms with Crippen molar-refractivity contribution >= 4 is 149 Å². The number of halogens is 5. The standard InChI is InChI=1S/C25H16OS.C25H18OS.CH2Cl2.3ClH.Fe/c1-26-15-10-11-18-20(12-15)16-6-2-3-7-17(16)21-13-23-19-8-4-5-9-24(19)27-25(23)14-22(18)21;1-26-19-12-14-20(23(16-19)17-7-3-2-4-8-17)18-11-13-22-21-9-5-6-10-24(21)27-25(22)15-18;2-1-3;;;;/h2-14H,1H3;2-16H,1H3;1H2;3*1H;/q;;;;;;+3/p-3. The monoisotopic (exact) mass is 975 g/mol. The molecule has 0 radical (unpaired) electrons. The van der Waals surface area contributed by atoms with Crippen molar-refractivity contribution in [3.05, 3.63) is 170 Å². The first-order valence-corrected chi connectivity index (χ1v) is 26.2. The summed E-state index contributed by atoms with van der Waals surface area (Å²) < 4.78 is 16.3. The quantitative estimate of drug-likeness (QED) is 0.0994. The van der Waals surface area contributed by atoms with E-state index in [1.54, 1.807) is 14.2 Å². The molecule has 9 aromatic carbocycles. The van der Waals surface area contributed by atoms with Crippen molar-refractivity contribution in [3.63, 3.8) is 0 Å². The van der Waals surface area contributed by atoms with Crippen LogP contribution in [0, 0.1) is 0 Å². The van der Waals surface area contributed by atoms with Crippen LogP contribution in [0.4, 0.5) is 0 Å². The van der Waals surface area contributed by atoms with Crippen LogP contribution in [0.3, 0.4) is 0 Å². The molecule has 0 saturated carbocycles. The Morgan fingerprint density at radius 3 is 1.44 bits per heavy atom. The second kappa shape index (κ2) is 19.9. The van der Waals surface area contributed by atoms with Gasteiger partial charge >= 0.3 is 41.5 Å². The van der Waals surface area contributed by atoms with Crippen molar-refractivity contribution in [2.75, 3.05) is 19.6 Å². The Balaban J connectivity index is 0.000000147. The van der Waals surface area contributed by atoms with Gasteiger partial charge in [0.1, 0.15) is 11.5 Å². The Morgan fingerprint density at radius 1 is 0.377 bits per heavy atom. The van der Waals surface area contributed by atoms with Gasteiger partial charge < -0.3 is 9.47 Å². The number of fused-ring (bicyclic) bond motifs is 12. The average Bonchev–Trinajstić information content (AvgIpc) is 3.86. The summed E-state index contributed by atoms with van der Waals surface area (Å²) in [5.74, 6) is 1.77. The van der Waals surface area contributed by atoms with Gasteiger partial charge in [-0.2, -0.15) is 0 Å². The van der Waals surface area contributed by atoms with E-state index in [-0.39, 0.29) is 5.34 Å². The van der Waals surface area contributed by atoms with E-state index >= 15 is 0 Å². The van der Waals surface area contributed by atoms with Crippen LogP contribution in [0.2, 0.25) is 0 Å². The molecule has 0 saturated heterocycles. The van der Waals surface area contributed by atoms with E-state index in [0.29, 0.717) is 0 Å². The molecule has 11 aromatic rings. The topological polar surface area (TPSA) is 18.5 Å². The summed E-state index contributed by atoms with van der Waals surface area (Å²) in [6, 6.07) is 60.8. The molecular formula is C51H36Cl5FeO2S2. The maximum atomic E-state index is 5.50. The van der Waals surface area contributed by atoms with Gasteiger partial charge in [-0.05, 0) is 109 Å². The van der Waals surface area contributed by atoms with Crippen LogP contribution in [0.1, 0.15) is 0 Å². The fraction of sp³-hybridized carbons (Fsp3) is 0.0588. The van der Waals surface area contributed by atoms with Gasteiger partial charge in [0.05, 0.1) is 19.6 Å². The van der Waals surface area contributed by atoms with Crippen LogP contribution in [-0.4, -0.2) is 19.6 Å². The molecule has 0 aliphatic heterocycles. The summed E-state index contributed by atoms with van der Waals surface area (Å²) in [6.07, 6.45) is 0. The molecule has 61 heavy (non-hydrogen) atoms. The number of benzene rings is 9. The Morgan fingerprint density at radius 2 is 0.820 bits per heavy atom. The number of ether oxygens (including phenoxy) is 2. The molecule has 0 fully saturated rings. The second-order valence-corrected chi connectivity index (χ2v) is 22.2. The first kappa shape index (κ1) is 43.4. The molecule has 2 aromatic heterocycles. The molecule has 0 N–H and O–H groups in total. The van der Waals surface area contributed by atoms with Gasteiger partial charge in [0.2, 0.25) is 0 Å². The molecule has 10 heteroatoms. The Bertz CT molecular complexity index is 3290. The summed E-state index contributed by atoms with van der Waals surface area (Å²) in [4.78, 5) is 0. The van der Waals surface area contributed by atoms with E-state index in [9.17, 15) is 0 Å². The molecule has 0 atom stereocenters. The van der Waals surface area contributed by atoms with Gasteiger partial charge in [-0.25, -0.2) is 0 Å². The summed E-state index contributed by atoms with van der Waals surface area (Å²) >= 11 is 11.9. The third-order valence-electron chi connectivity index (χ3n) is 10.5. The van der Waals surface area contributed by atoms with Gasteiger partial charge in [-0.1, -0.05) is 115 Å². The first-order chi connectivity index (χ1) is 29.8. The number of thiophene rings is 2. The zero-order valence-electron chi connectivity index (χ0n) is 32.7. The van der Waals surface area contributed by atoms with Crippen molar-refractivity contribution in [2.24, 2.45) is 0 Å². The van der Waals surface area contributed by atoms with Gasteiger partial charge in [0, 0.05) is 40.3 Å². The van der Waals surface area contributed by atoms with Crippen LogP contribution < -0.4 is 9.47 Å². The van der Waals surface area contributed by atoms with Crippen molar-refractivity contribution in [3.8, 4) is 33.8 Å². The number of methoxy groups -OCH3 is 2. The van der Waals surface area contributed by atoms with Gasteiger partial charge in [-0.3, -0.25) is 0 Å². The number of hydrogen-bond acceptors (Lipinski definition) is 4. The first-order valence-electron chi connectivity index (χ1n) is 19.0. The summed E-state index contributed by atoms with van der Waals surface area (Å²) in [6.45, 7) is 0. The van der Waals surface area contributed by atoms with Crippen molar-refractivity contribution < 1.29 is 20.6 Å². The van der Waals surface area contributed by atoms with Crippen LogP contribution in [0.25, 0.3) is 94.9 Å². The van der Waals surface area contributed by atoms with Gasteiger partial charge in [-0.15, -0.1) is 45.9 Å².